The minimum absolute atomic E-state index is 0.454. The van der Waals surface area contributed by atoms with Gasteiger partial charge >= 0.3 is 0 Å². The lowest BCUT2D eigenvalue weighted by atomic mass is 9.85. The molecule has 1 N–H and O–H groups in total. The Morgan fingerprint density at radius 1 is 1.41 bits per heavy atom. The summed E-state index contributed by atoms with van der Waals surface area (Å²) < 4.78 is 5.86. The Bertz CT molecular complexity index is 697. The molecule has 0 aromatic heterocycles. The number of ether oxygens (including phenoxy) is 1. The average molecular weight is 298 g/mol. The van der Waals surface area contributed by atoms with Crippen LogP contribution >= 0.6 is 0 Å². The van der Waals surface area contributed by atoms with Crippen LogP contribution in [0.2, 0.25) is 0 Å². The van der Waals surface area contributed by atoms with Gasteiger partial charge in [0.1, 0.15) is 23.3 Å². The Labute approximate surface area is 129 Å². The normalized spacial score (nSPS) is 22.8. The number of rotatable bonds is 1. The highest BCUT2D eigenvalue weighted by molar-refractivity contribution is 5.81. The molecule has 0 saturated heterocycles. The number of hydrogen-bond donors (Lipinski definition) is 1. The maximum absolute atomic E-state index is 10.7. The molecule has 1 aliphatic heterocycles. The molecule has 6 heteroatoms. The summed E-state index contributed by atoms with van der Waals surface area (Å²) in [5.74, 6) is 1.11. The minimum atomic E-state index is -0.845. The lowest BCUT2D eigenvalue weighted by Gasteiger charge is -2.45. The molecule has 0 saturated carbocycles. The van der Waals surface area contributed by atoms with E-state index in [0.717, 1.165) is 0 Å². The van der Waals surface area contributed by atoms with Crippen LogP contribution < -0.4 is 4.74 Å². The summed E-state index contributed by atoms with van der Waals surface area (Å²) in [6.45, 7) is 5.30. The summed E-state index contributed by atoms with van der Waals surface area (Å²) in [5.41, 5.74) is 0.399. The first kappa shape index (κ1) is 15.8. The van der Waals surface area contributed by atoms with Crippen LogP contribution in [0.15, 0.2) is 23.2 Å². The van der Waals surface area contributed by atoms with E-state index in [-0.39, 0.29) is 0 Å². The molecule has 0 bridgehead atoms. The average Bonchev–Trinajstić information content (AvgIpc) is 2.47. The van der Waals surface area contributed by atoms with Gasteiger partial charge < -0.3 is 14.7 Å². The third-order valence-electron chi connectivity index (χ3n) is 3.98. The van der Waals surface area contributed by atoms with Gasteiger partial charge in [-0.1, -0.05) is 0 Å². The fourth-order valence-corrected chi connectivity index (χ4v) is 2.61. The van der Waals surface area contributed by atoms with E-state index in [2.05, 4.69) is 11.1 Å². The zero-order valence-electron chi connectivity index (χ0n) is 13.0. The van der Waals surface area contributed by atoms with E-state index in [1.807, 2.05) is 0 Å². The van der Waals surface area contributed by atoms with Crippen LogP contribution in [-0.4, -0.2) is 34.6 Å². The van der Waals surface area contributed by atoms with E-state index in [9.17, 15) is 5.11 Å². The molecule has 0 aliphatic carbocycles. The molecule has 2 atom stereocenters. The molecule has 2 unspecified atom stereocenters. The van der Waals surface area contributed by atoms with Crippen molar-refractivity contribution in [3.8, 4) is 18.0 Å². The highest BCUT2D eigenvalue weighted by Gasteiger charge is 2.45. The van der Waals surface area contributed by atoms with Crippen molar-refractivity contribution in [2.75, 3.05) is 7.05 Å². The molecular weight excluding hydrogens is 280 g/mol. The number of benzene rings is 1. The van der Waals surface area contributed by atoms with Crippen molar-refractivity contribution in [1.82, 2.24) is 4.90 Å². The molecule has 1 aromatic carbocycles. The van der Waals surface area contributed by atoms with Crippen LogP contribution in [0, 0.1) is 22.8 Å². The predicted molar refractivity (Wildman–Crippen MR) is 81.1 cm³/mol. The van der Waals surface area contributed by atoms with E-state index >= 15 is 0 Å². The molecule has 0 amide bonds. The predicted octanol–water partition coefficient (Wildman–Crippen LogP) is 1.96. The van der Waals surface area contributed by atoms with Crippen molar-refractivity contribution < 1.29 is 9.84 Å². The molecule has 22 heavy (non-hydrogen) atoms. The zero-order valence-corrected chi connectivity index (χ0v) is 13.0. The van der Waals surface area contributed by atoms with Crippen LogP contribution in [0.1, 0.15) is 37.9 Å². The van der Waals surface area contributed by atoms with Gasteiger partial charge in [-0.05, 0) is 39.0 Å². The van der Waals surface area contributed by atoms with E-state index < -0.39 is 17.7 Å². The fourth-order valence-electron chi connectivity index (χ4n) is 2.61. The van der Waals surface area contributed by atoms with Gasteiger partial charge in [0.15, 0.2) is 0 Å². The Morgan fingerprint density at radius 2 is 2.09 bits per heavy atom. The number of hydrogen-bond acceptors (Lipinski definition) is 5. The van der Waals surface area contributed by atoms with Gasteiger partial charge in [0.05, 0.1) is 17.7 Å². The number of amidine groups is 1. The number of aliphatic imine (C=N–C) groups is 1. The number of aliphatic hydroxyl groups is 1. The number of nitrogens with zero attached hydrogens (tertiary/aromatic N) is 4. The smallest absolute Gasteiger partial charge is 0.207 e. The summed E-state index contributed by atoms with van der Waals surface area (Å²) in [6.07, 6.45) is 0.906. The molecule has 6 nitrogen and oxygen atoms in total. The van der Waals surface area contributed by atoms with Gasteiger partial charge in [-0.25, -0.2) is 0 Å². The van der Waals surface area contributed by atoms with Gasteiger partial charge in [-0.2, -0.15) is 15.5 Å². The minimum Gasteiger partial charge on any atom is -0.485 e. The van der Waals surface area contributed by atoms with Crippen molar-refractivity contribution in [2.45, 2.75) is 38.5 Å². The topological polar surface area (TPSA) is 92.6 Å². The third kappa shape index (κ3) is 2.61. The summed E-state index contributed by atoms with van der Waals surface area (Å²) in [6, 6.07) is 6.75. The molecule has 114 valence electrons. The number of aliphatic hydroxyl groups excluding tert-OH is 1. The summed E-state index contributed by atoms with van der Waals surface area (Å²) in [7, 11) is 1.76. The zero-order chi connectivity index (χ0) is 16.5. The molecular formula is C16H18N4O2. The van der Waals surface area contributed by atoms with Gasteiger partial charge in [0, 0.05) is 12.6 Å². The first-order valence-electron chi connectivity index (χ1n) is 6.89. The summed E-state index contributed by atoms with van der Waals surface area (Å²) >= 11 is 0. The largest absolute Gasteiger partial charge is 0.485 e. The third-order valence-corrected chi connectivity index (χ3v) is 3.98. The lowest BCUT2D eigenvalue weighted by molar-refractivity contribution is -0.0785. The Balaban J connectivity index is 2.59. The van der Waals surface area contributed by atoms with Crippen molar-refractivity contribution in [3.05, 3.63) is 29.3 Å². The van der Waals surface area contributed by atoms with Gasteiger partial charge in [-0.15, -0.1) is 0 Å². The van der Waals surface area contributed by atoms with Crippen LogP contribution in [0.5, 0.6) is 5.75 Å². The number of nitriles is 2. The molecule has 1 heterocycles. The lowest BCUT2D eigenvalue weighted by Crippen LogP contribution is -2.53. The van der Waals surface area contributed by atoms with E-state index in [1.165, 1.54) is 0 Å². The Morgan fingerprint density at radius 3 is 2.68 bits per heavy atom. The van der Waals surface area contributed by atoms with Crippen molar-refractivity contribution in [2.24, 2.45) is 4.99 Å². The molecule has 0 spiro atoms. The van der Waals surface area contributed by atoms with E-state index in [1.54, 1.807) is 57.1 Å². The van der Waals surface area contributed by atoms with Crippen LogP contribution in [0.25, 0.3) is 0 Å². The molecule has 1 aromatic rings. The molecule has 1 aliphatic rings. The Hall–Kier alpha value is -2.57. The molecule has 2 rings (SSSR count). The maximum atomic E-state index is 10.7. The standard InChI is InChI=1S/C16H18N4O2/c1-10(19-9-18)20(4)14-12-7-11(8-17)5-6-13(12)22-16(2,3)15(14)21/h5-7,14-15,21H,1-4H3. The maximum Gasteiger partial charge on any atom is 0.207 e. The van der Waals surface area contributed by atoms with Gasteiger partial charge in [-0.3, -0.25) is 0 Å². The second-order valence-corrected chi connectivity index (χ2v) is 5.83. The first-order valence-corrected chi connectivity index (χ1v) is 6.89. The second-order valence-electron chi connectivity index (χ2n) is 5.83. The van der Waals surface area contributed by atoms with Crippen molar-refractivity contribution >= 4 is 5.84 Å². The van der Waals surface area contributed by atoms with Gasteiger partial charge in [0.2, 0.25) is 6.19 Å². The monoisotopic (exact) mass is 298 g/mol. The highest BCUT2D eigenvalue weighted by atomic mass is 16.5. The molecule has 0 radical (unpaired) electrons. The molecule has 0 fully saturated rings. The van der Waals surface area contributed by atoms with Crippen LogP contribution in [-0.2, 0) is 0 Å². The second kappa shape index (κ2) is 5.67. The van der Waals surface area contributed by atoms with E-state index in [4.69, 9.17) is 15.3 Å². The Kier molecular flexibility index (Phi) is 4.07. The summed E-state index contributed by atoms with van der Waals surface area (Å²) in [4.78, 5) is 5.46. The SMILES string of the molecule is CC(=NC#N)N(C)C1c2cc(C#N)ccc2OC(C)(C)C1O. The van der Waals surface area contributed by atoms with Crippen LogP contribution in [0.4, 0.5) is 0 Å². The van der Waals surface area contributed by atoms with Gasteiger partial charge in [0.25, 0.3) is 0 Å². The quantitative estimate of drug-likeness (QED) is 0.486. The summed E-state index contributed by atoms with van der Waals surface area (Å²) in [5, 5.41) is 28.5. The number of fused-ring (bicyclic) bond motifs is 1. The highest BCUT2D eigenvalue weighted by Crippen LogP contribution is 2.42. The van der Waals surface area contributed by atoms with Crippen molar-refractivity contribution in [1.29, 1.82) is 10.5 Å². The van der Waals surface area contributed by atoms with Crippen molar-refractivity contribution in [3.63, 3.8) is 0 Å². The fraction of sp³-hybridized carbons (Fsp3) is 0.438. The first-order chi connectivity index (χ1) is 10.3. The van der Waals surface area contributed by atoms with Crippen LogP contribution in [0.3, 0.4) is 0 Å². The number of likely N-dealkylation sites (N-methyl/N-ethyl adjacent to an activating group) is 1. The van der Waals surface area contributed by atoms with E-state index in [0.29, 0.717) is 22.7 Å².